The van der Waals surface area contributed by atoms with Gasteiger partial charge in [0, 0.05) is 33.3 Å². The summed E-state index contributed by atoms with van der Waals surface area (Å²) in [7, 11) is 0. The van der Waals surface area contributed by atoms with Crippen molar-refractivity contribution in [1.82, 2.24) is 15.3 Å². The first kappa shape index (κ1) is 52.7. The van der Waals surface area contributed by atoms with E-state index in [1.807, 2.05) is 17.1 Å². The van der Waals surface area contributed by atoms with Crippen LogP contribution in [0.1, 0.15) is 58.9 Å². The highest BCUT2D eigenvalue weighted by atomic mass is 35.5. The number of aliphatic hydroxyl groups excluding tert-OH is 2. The minimum absolute atomic E-state index is 0.0934. The summed E-state index contributed by atoms with van der Waals surface area (Å²) >= 11 is 11.9. The van der Waals surface area contributed by atoms with E-state index in [1.165, 1.54) is 44.2 Å². The minimum atomic E-state index is -1.51. The number of carboxylic acids is 3. The molecule has 0 bridgehead atoms. The van der Waals surface area contributed by atoms with Crippen molar-refractivity contribution in [3.8, 4) is 22.3 Å². The molecule has 0 aliphatic carbocycles. The van der Waals surface area contributed by atoms with Gasteiger partial charge in [-0.05, 0) is 98.2 Å². The molecule has 6 rings (SSSR count). The lowest BCUT2D eigenvalue weighted by molar-refractivity contribution is -0.152. The number of aromatic nitrogens is 2. The quantitative estimate of drug-likeness (QED) is 0.0478. The number of aromatic amines is 2. The highest BCUT2D eigenvalue weighted by molar-refractivity contribution is 6.31. The van der Waals surface area contributed by atoms with Crippen molar-refractivity contribution in [3.63, 3.8) is 0 Å². The molecule has 0 saturated carbocycles. The summed E-state index contributed by atoms with van der Waals surface area (Å²) in [5, 5.41) is 49.3. The monoisotopic (exact) mass is 970 g/mol. The van der Waals surface area contributed by atoms with Crippen LogP contribution in [0.5, 0.6) is 0 Å². The fourth-order valence-corrected chi connectivity index (χ4v) is 6.86. The summed E-state index contributed by atoms with van der Waals surface area (Å²) in [5.74, 6) is -7.22. The second-order valence-electron chi connectivity index (χ2n) is 15.8. The molecule has 2 aromatic heterocycles. The van der Waals surface area contributed by atoms with Gasteiger partial charge in [-0.25, -0.2) is 23.2 Å². The molecule has 356 valence electrons. The van der Waals surface area contributed by atoms with Crippen LogP contribution in [-0.2, 0) is 22.4 Å². The summed E-state index contributed by atoms with van der Waals surface area (Å²) in [5.41, 5.74) is 6.95. The van der Waals surface area contributed by atoms with Gasteiger partial charge >= 0.3 is 29.4 Å². The zero-order valence-corrected chi connectivity index (χ0v) is 37.2. The van der Waals surface area contributed by atoms with Crippen molar-refractivity contribution in [2.75, 3.05) is 13.2 Å². The highest BCUT2D eigenvalue weighted by Crippen LogP contribution is 2.30. The maximum Gasteiger partial charge on any atom is 0.417 e. The molecule has 0 radical (unpaired) electrons. The predicted molar refractivity (Wildman–Crippen MR) is 241 cm³/mol. The number of carbonyl (C=O) groups is 4. The molecule has 0 unspecified atom stereocenters. The van der Waals surface area contributed by atoms with Crippen LogP contribution in [0.4, 0.5) is 8.78 Å². The van der Waals surface area contributed by atoms with Crippen LogP contribution >= 0.6 is 23.2 Å². The number of aliphatic carboxylic acids is 2. The van der Waals surface area contributed by atoms with E-state index in [0.29, 0.717) is 38.7 Å². The Bertz CT molecular complexity index is 2780. The number of oxazole rings is 2. The normalized spacial score (nSPS) is 13.6. The molecule has 67 heavy (non-hydrogen) atoms. The number of benzene rings is 4. The van der Waals surface area contributed by atoms with Crippen molar-refractivity contribution in [3.05, 3.63) is 163 Å². The summed E-state index contributed by atoms with van der Waals surface area (Å²) in [6.45, 7) is 1.74. The SMILES string of the molecule is C[C@@](CO)(C[C@@H](Cc1ccc(-c2cc(Cl)ccc2F)cc1)NC(=O)c1c[nH]c(=O)o1)C(=O)O.C[C@@](CO)(C[C@H](N)Cc1ccc(-c2cc(Cl)ccc2F)cc1)C(=O)O.O=C(O)c1c[nH]c(=O)o1. The number of hydrogen-bond donors (Lipinski definition) is 9. The van der Waals surface area contributed by atoms with Gasteiger partial charge in [0.2, 0.25) is 11.5 Å². The molecule has 6 aromatic rings. The molecule has 10 N–H and O–H groups in total. The minimum Gasteiger partial charge on any atom is -0.481 e. The van der Waals surface area contributed by atoms with Gasteiger partial charge in [0.1, 0.15) is 11.6 Å². The third-order valence-electron chi connectivity index (χ3n) is 10.3. The molecule has 4 atom stereocenters. The second kappa shape index (κ2) is 23.5. The Morgan fingerprint density at radius 1 is 0.672 bits per heavy atom. The number of nitrogens with one attached hydrogen (secondary N) is 3. The number of nitrogens with two attached hydrogens (primary N) is 1. The Hall–Kier alpha value is -6.90. The number of H-pyrrole nitrogens is 2. The largest absolute Gasteiger partial charge is 0.481 e. The average molecular weight is 972 g/mol. The Labute approximate surface area is 389 Å². The first-order valence-electron chi connectivity index (χ1n) is 20.0. The summed E-state index contributed by atoms with van der Waals surface area (Å²) < 4.78 is 36.9. The molecular formula is C46H46Cl2F2N4O13. The van der Waals surface area contributed by atoms with Gasteiger partial charge in [-0.2, -0.15) is 0 Å². The van der Waals surface area contributed by atoms with E-state index in [-0.39, 0.29) is 36.6 Å². The van der Waals surface area contributed by atoms with E-state index in [4.69, 9.17) is 38.5 Å². The number of amides is 1. The predicted octanol–water partition coefficient (Wildman–Crippen LogP) is 6.40. The van der Waals surface area contributed by atoms with Gasteiger partial charge in [0.15, 0.2) is 0 Å². The molecule has 0 saturated heterocycles. The molecular weight excluding hydrogens is 925 g/mol. The first-order valence-corrected chi connectivity index (χ1v) is 20.8. The van der Waals surface area contributed by atoms with Gasteiger partial charge in [-0.3, -0.25) is 24.4 Å². The molecule has 0 fully saturated rings. The fraction of sp³-hybridized carbons (Fsp3) is 0.261. The van der Waals surface area contributed by atoms with Crippen LogP contribution in [0.3, 0.4) is 0 Å². The van der Waals surface area contributed by atoms with Crippen molar-refractivity contribution in [2.24, 2.45) is 16.6 Å². The van der Waals surface area contributed by atoms with E-state index in [9.17, 15) is 58.0 Å². The maximum atomic E-state index is 14.2. The van der Waals surface area contributed by atoms with Gasteiger partial charge < -0.3 is 45.4 Å². The second-order valence-corrected chi connectivity index (χ2v) is 16.7. The zero-order valence-electron chi connectivity index (χ0n) is 35.7. The summed E-state index contributed by atoms with van der Waals surface area (Å²) in [6.07, 6.45) is 2.83. The van der Waals surface area contributed by atoms with Crippen LogP contribution in [0.25, 0.3) is 22.3 Å². The van der Waals surface area contributed by atoms with Crippen molar-refractivity contribution in [1.29, 1.82) is 0 Å². The van der Waals surface area contributed by atoms with Crippen LogP contribution in [0, 0.1) is 22.5 Å². The number of aliphatic hydroxyl groups is 2. The number of carbonyl (C=O) groups excluding carboxylic acids is 1. The van der Waals surface area contributed by atoms with Gasteiger partial charge in [-0.15, -0.1) is 0 Å². The van der Waals surface area contributed by atoms with Crippen molar-refractivity contribution >= 4 is 47.0 Å². The Balaban J connectivity index is 0.000000253. The lowest BCUT2D eigenvalue weighted by atomic mass is 9.82. The number of rotatable bonds is 17. The third-order valence-corrected chi connectivity index (χ3v) is 10.8. The van der Waals surface area contributed by atoms with Gasteiger partial charge in [-0.1, -0.05) is 71.7 Å². The van der Waals surface area contributed by atoms with E-state index in [2.05, 4.69) is 14.7 Å². The smallest absolute Gasteiger partial charge is 0.417 e. The summed E-state index contributed by atoms with van der Waals surface area (Å²) in [4.78, 5) is 70.9. The van der Waals surface area contributed by atoms with Crippen molar-refractivity contribution in [2.45, 2.75) is 51.6 Å². The van der Waals surface area contributed by atoms with Gasteiger partial charge in [0.05, 0.1) is 36.4 Å². The van der Waals surface area contributed by atoms with Crippen LogP contribution in [0.2, 0.25) is 10.0 Å². The fourth-order valence-electron chi connectivity index (χ4n) is 6.51. The molecule has 4 aromatic carbocycles. The van der Waals surface area contributed by atoms with Crippen LogP contribution < -0.4 is 22.6 Å². The first-order chi connectivity index (χ1) is 31.6. The zero-order chi connectivity index (χ0) is 49.6. The van der Waals surface area contributed by atoms with Crippen LogP contribution in [-0.4, -0.2) is 84.6 Å². The van der Waals surface area contributed by atoms with E-state index in [1.54, 1.807) is 42.5 Å². The average Bonchev–Trinajstić information content (AvgIpc) is 3.94. The Morgan fingerprint density at radius 3 is 1.46 bits per heavy atom. The number of hydrogen-bond acceptors (Lipinski definition) is 11. The lowest BCUT2D eigenvalue weighted by Gasteiger charge is -2.28. The molecule has 17 nitrogen and oxygen atoms in total. The molecule has 0 aliphatic rings. The van der Waals surface area contributed by atoms with Crippen LogP contribution in [0.15, 0.2) is 116 Å². The molecule has 1 amide bonds. The molecule has 21 heteroatoms. The molecule has 0 spiro atoms. The number of aromatic carboxylic acids is 1. The van der Waals surface area contributed by atoms with E-state index < -0.39 is 77.3 Å². The maximum absolute atomic E-state index is 14.2. The van der Waals surface area contributed by atoms with Crippen molar-refractivity contribution < 1.29 is 62.3 Å². The highest BCUT2D eigenvalue weighted by Gasteiger charge is 2.36. The standard InChI is InChI=1S/C23H22ClFN2O6.C19H21ClFNO3.C4H3NO4/c1-23(12-28,21(30)31)10-16(27-20(29)19-11-26-22(32)33-19)8-13-2-4-14(5-3-13)17-9-15(24)6-7-18(17)25;1-19(11-23,18(24)25)10-15(22)8-12-2-4-13(5-3-12)16-9-14(20)6-7-17(16)21;6-3(7)2-1-5-4(8)9-2/h2-7,9,11,16,28H,8,10,12H2,1H3,(H,26,32)(H,27,29)(H,30,31);2-7,9,15,23H,8,10-11,22H2,1H3,(H,24,25);1H,(H,5,8)(H,6,7)/t16-,23+;15-,19+;/m11./s1. The molecule has 2 heterocycles. The Kier molecular flexibility index (Phi) is 18.5. The Morgan fingerprint density at radius 2 is 1.09 bits per heavy atom. The van der Waals surface area contributed by atoms with Gasteiger partial charge in [0.25, 0.3) is 5.91 Å². The van der Waals surface area contributed by atoms with E-state index in [0.717, 1.165) is 23.5 Å². The topological polar surface area (TPSA) is 299 Å². The lowest BCUT2D eigenvalue weighted by Crippen LogP contribution is -2.44. The summed E-state index contributed by atoms with van der Waals surface area (Å²) in [6, 6.07) is 21.5. The number of carboxylic acid groups (broad SMARTS) is 3. The number of halogens is 4. The van der Waals surface area contributed by atoms with E-state index >= 15 is 0 Å². The third kappa shape index (κ3) is 15.1. The molecule has 0 aliphatic heterocycles.